The first-order valence-electron chi connectivity index (χ1n) is 11.9. The molecule has 3 unspecified atom stereocenters. The summed E-state index contributed by atoms with van der Waals surface area (Å²) in [5.74, 6) is 0. The lowest BCUT2D eigenvalue weighted by Crippen LogP contribution is -2.50. The summed E-state index contributed by atoms with van der Waals surface area (Å²) in [5.41, 5.74) is 1.36. The lowest BCUT2D eigenvalue weighted by atomic mass is 10.0. The predicted octanol–water partition coefficient (Wildman–Crippen LogP) is 2.76. The van der Waals surface area contributed by atoms with Gasteiger partial charge in [-0.25, -0.2) is 9.52 Å². The second-order valence-corrected chi connectivity index (χ2v) is 10.6. The van der Waals surface area contributed by atoms with Crippen molar-refractivity contribution in [2.24, 2.45) is 0 Å². The molecule has 0 saturated carbocycles. The minimum absolute atomic E-state index is 0.0963. The molecule has 9 nitrogen and oxygen atoms in total. The van der Waals surface area contributed by atoms with Crippen LogP contribution in [0.4, 0.5) is 29.3 Å². The molecule has 3 saturated heterocycles. The van der Waals surface area contributed by atoms with E-state index in [4.69, 9.17) is 4.74 Å². The first kappa shape index (κ1) is 25.2. The Balaban J connectivity index is 1.27. The molecule has 1 aromatic carbocycles. The number of anilines is 2. The van der Waals surface area contributed by atoms with Gasteiger partial charge in [-0.1, -0.05) is 6.07 Å². The molecule has 4 heterocycles. The number of hydrogen-bond donors (Lipinski definition) is 1. The van der Waals surface area contributed by atoms with Crippen LogP contribution in [0.2, 0.25) is 0 Å². The molecule has 3 atom stereocenters. The van der Waals surface area contributed by atoms with Gasteiger partial charge in [-0.15, -0.1) is 0 Å². The van der Waals surface area contributed by atoms with E-state index in [1.165, 1.54) is 29.4 Å². The standard InChI is InChI=1S/C23H29F3N6O3S/c1-36(34)28-18-11-27-31(13-18)22(33)30-8-6-29(7-9-30)12-16-2-3-17(23(24,25)26)10-21(16)32-19-4-5-20(32)15-35-14-19/h2-3,10-11,13,19-20,28H,4-9,12,14-15H2,1H3. The van der Waals surface area contributed by atoms with Crippen molar-refractivity contribution in [2.75, 3.05) is 55.3 Å². The van der Waals surface area contributed by atoms with Crippen LogP contribution in [0.15, 0.2) is 30.6 Å². The van der Waals surface area contributed by atoms with E-state index in [-0.39, 0.29) is 18.1 Å². The number of halogens is 3. The van der Waals surface area contributed by atoms with Gasteiger partial charge in [-0.05, 0) is 30.5 Å². The third-order valence-electron chi connectivity index (χ3n) is 7.01. The van der Waals surface area contributed by atoms with Gasteiger partial charge in [-0.2, -0.15) is 23.0 Å². The number of alkyl halides is 3. The van der Waals surface area contributed by atoms with Crippen LogP contribution < -0.4 is 9.62 Å². The maximum atomic E-state index is 13.5. The summed E-state index contributed by atoms with van der Waals surface area (Å²) in [6, 6.07) is 3.97. The second-order valence-electron chi connectivity index (χ2n) is 9.45. The fraction of sp³-hybridized carbons (Fsp3) is 0.565. The van der Waals surface area contributed by atoms with Crippen molar-refractivity contribution < 1.29 is 27.3 Å². The fourth-order valence-electron chi connectivity index (χ4n) is 5.27. The molecular formula is C23H29F3N6O3S. The fourth-order valence-corrected chi connectivity index (χ4v) is 5.70. The Bertz CT molecular complexity index is 1070. The van der Waals surface area contributed by atoms with Crippen molar-refractivity contribution in [1.82, 2.24) is 19.6 Å². The van der Waals surface area contributed by atoms with Gasteiger partial charge in [0.25, 0.3) is 0 Å². The predicted molar refractivity (Wildman–Crippen MR) is 129 cm³/mol. The first-order chi connectivity index (χ1) is 17.2. The van der Waals surface area contributed by atoms with Gasteiger partial charge >= 0.3 is 12.2 Å². The summed E-state index contributed by atoms with van der Waals surface area (Å²) in [5, 5.41) is 4.05. The molecule has 2 bridgehead atoms. The minimum atomic E-state index is -4.40. The normalized spacial score (nSPS) is 23.7. The van der Waals surface area contributed by atoms with E-state index in [1.54, 1.807) is 11.0 Å². The summed E-state index contributed by atoms with van der Waals surface area (Å²) in [7, 11) is 0. The van der Waals surface area contributed by atoms with Crippen molar-refractivity contribution in [3.8, 4) is 0 Å². The highest BCUT2D eigenvalue weighted by Gasteiger charge is 2.40. The van der Waals surface area contributed by atoms with E-state index in [1.807, 2.05) is 0 Å². The van der Waals surface area contributed by atoms with Crippen molar-refractivity contribution >= 4 is 28.8 Å². The molecule has 3 fully saturated rings. The number of ether oxygens (including phenoxy) is 1. The summed E-state index contributed by atoms with van der Waals surface area (Å²) >= 11 is -1.26. The molecule has 3 aliphatic rings. The SMILES string of the molecule is C[S+]([O-])Nc1cnn(C(=O)N2CCN(Cc3ccc(C(F)(F)F)cc3N3C4CCC3COC4)CC2)c1. The lowest BCUT2D eigenvalue weighted by Gasteiger charge is -2.39. The van der Waals surface area contributed by atoms with Crippen molar-refractivity contribution in [3.63, 3.8) is 0 Å². The largest absolute Gasteiger partial charge is 0.593 e. The van der Waals surface area contributed by atoms with Gasteiger partial charge in [0.15, 0.2) is 0 Å². The zero-order valence-electron chi connectivity index (χ0n) is 19.9. The first-order valence-corrected chi connectivity index (χ1v) is 13.5. The Hall–Kier alpha value is -2.48. The van der Waals surface area contributed by atoms with E-state index >= 15 is 0 Å². The maximum Gasteiger partial charge on any atom is 0.416 e. The lowest BCUT2D eigenvalue weighted by molar-refractivity contribution is -0.137. The number of aromatic nitrogens is 2. The number of morpholine rings is 1. The van der Waals surface area contributed by atoms with Crippen LogP contribution in [0.5, 0.6) is 0 Å². The third kappa shape index (κ3) is 5.29. The summed E-state index contributed by atoms with van der Waals surface area (Å²) < 4.78 is 61.5. The molecule has 36 heavy (non-hydrogen) atoms. The summed E-state index contributed by atoms with van der Waals surface area (Å²) in [4.78, 5) is 18.8. The number of amides is 1. The average Bonchev–Trinajstić information content (AvgIpc) is 3.39. The van der Waals surface area contributed by atoms with Crippen LogP contribution in [-0.2, 0) is 28.8 Å². The van der Waals surface area contributed by atoms with Crippen molar-refractivity contribution in [3.05, 3.63) is 41.7 Å². The Morgan fingerprint density at radius 3 is 2.53 bits per heavy atom. The number of nitrogens with one attached hydrogen (secondary N) is 1. The molecule has 1 amide bonds. The van der Waals surface area contributed by atoms with Crippen LogP contribution in [0.3, 0.4) is 0 Å². The maximum absolute atomic E-state index is 13.5. The van der Waals surface area contributed by atoms with Gasteiger partial charge < -0.3 is 19.1 Å². The van der Waals surface area contributed by atoms with Crippen molar-refractivity contribution in [2.45, 2.75) is 37.6 Å². The Morgan fingerprint density at radius 1 is 1.19 bits per heavy atom. The van der Waals surface area contributed by atoms with E-state index in [0.717, 1.165) is 24.5 Å². The Labute approximate surface area is 210 Å². The second kappa shape index (κ2) is 10.1. The number of fused-ring (bicyclic) bond motifs is 2. The monoisotopic (exact) mass is 526 g/mol. The van der Waals surface area contributed by atoms with Gasteiger partial charge in [0, 0.05) is 38.4 Å². The average molecular weight is 527 g/mol. The van der Waals surface area contributed by atoms with Gasteiger partial charge in [0.05, 0.1) is 54.6 Å². The number of rotatable bonds is 5. The summed E-state index contributed by atoms with van der Waals surface area (Å²) in [6.07, 6.45) is 1.87. The Morgan fingerprint density at radius 2 is 1.89 bits per heavy atom. The van der Waals surface area contributed by atoms with E-state index in [0.29, 0.717) is 57.3 Å². The highest BCUT2D eigenvalue weighted by molar-refractivity contribution is 7.92. The van der Waals surface area contributed by atoms with Gasteiger partial charge in [-0.3, -0.25) is 4.90 Å². The smallest absolute Gasteiger partial charge is 0.416 e. The third-order valence-corrected chi connectivity index (χ3v) is 7.53. The van der Waals surface area contributed by atoms with Gasteiger partial charge in [0.2, 0.25) is 0 Å². The molecule has 0 aliphatic carbocycles. The zero-order chi connectivity index (χ0) is 25.4. The molecule has 196 valence electrons. The Kier molecular flexibility index (Phi) is 7.07. The molecular weight excluding hydrogens is 497 g/mol. The van der Waals surface area contributed by atoms with E-state index < -0.39 is 23.1 Å². The highest BCUT2D eigenvalue weighted by Crippen LogP contribution is 2.40. The van der Waals surface area contributed by atoms with Crippen LogP contribution in [0.1, 0.15) is 24.0 Å². The quantitative estimate of drug-likeness (QED) is 0.600. The summed E-state index contributed by atoms with van der Waals surface area (Å²) in [6.45, 7) is 3.70. The number of carbonyl (C=O) groups is 1. The molecule has 5 rings (SSSR count). The molecule has 0 spiro atoms. The van der Waals surface area contributed by atoms with Crippen molar-refractivity contribution in [1.29, 1.82) is 0 Å². The number of hydrogen-bond acceptors (Lipinski definition) is 7. The van der Waals surface area contributed by atoms with Crippen LogP contribution in [-0.4, -0.2) is 87.9 Å². The minimum Gasteiger partial charge on any atom is -0.593 e. The number of benzene rings is 1. The van der Waals surface area contributed by atoms with Crippen LogP contribution >= 0.6 is 0 Å². The molecule has 0 radical (unpaired) electrons. The molecule has 13 heteroatoms. The van der Waals surface area contributed by atoms with Crippen LogP contribution in [0.25, 0.3) is 0 Å². The number of nitrogens with zero attached hydrogens (tertiary/aromatic N) is 5. The highest BCUT2D eigenvalue weighted by atomic mass is 32.2. The molecule has 3 aliphatic heterocycles. The number of piperazine rings is 1. The topological polar surface area (TPSA) is 88.9 Å². The van der Waals surface area contributed by atoms with E-state index in [2.05, 4.69) is 19.6 Å². The molecule has 1 N–H and O–H groups in total. The van der Waals surface area contributed by atoms with Crippen LogP contribution in [0, 0.1) is 0 Å². The number of carbonyl (C=O) groups excluding carboxylic acids is 1. The van der Waals surface area contributed by atoms with Gasteiger partial charge in [0.1, 0.15) is 11.9 Å². The molecule has 1 aromatic heterocycles. The van der Waals surface area contributed by atoms with E-state index in [9.17, 15) is 22.5 Å². The zero-order valence-corrected chi connectivity index (χ0v) is 20.7. The molecule has 2 aromatic rings.